The van der Waals surface area contributed by atoms with Crippen molar-refractivity contribution in [3.63, 3.8) is 0 Å². The fourth-order valence-electron chi connectivity index (χ4n) is 3.49. The van der Waals surface area contributed by atoms with E-state index in [2.05, 4.69) is 0 Å². The van der Waals surface area contributed by atoms with E-state index in [1.165, 1.54) is 0 Å². The van der Waals surface area contributed by atoms with Gasteiger partial charge in [0.05, 0.1) is 11.1 Å². The van der Waals surface area contributed by atoms with Gasteiger partial charge in [-0.15, -0.1) is 0 Å². The number of nitrogens with zero attached hydrogens (tertiary/aromatic N) is 1. The zero-order chi connectivity index (χ0) is 18.8. The van der Waals surface area contributed by atoms with Gasteiger partial charge in [0.25, 0.3) is 5.91 Å². The first-order valence-corrected chi connectivity index (χ1v) is 9.64. The Balaban J connectivity index is 1.45. The van der Waals surface area contributed by atoms with Crippen molar-refractivity contribution in [3.05, 3.63) is 52.0 Å². The summed E-state index contributed by atoms with van der Waals surface area (Å²) in [5.74, 6) is 1.87. The topological polar surface area (TPSA) is 48.0 Å². The Morgan fingerprint density at radius 1 is 1.11 bits per heavy atom. The van der Waals surface area contributed by atoms with E-state index in [4.69, 9.17) is 37.4 Å². The van der Waals surface area contributed by atoms with Crippen molar-refractivity contribution in [1.29, 1.82) is 0 Å². The van der Waals surface area contributed by atoms with Crippen molar-refractivity contribution in [2.45, 2.75) is 18.9 Å². The maximum atomic E-state index is 12.7. The van der Waals surface area contributed by atoms with Gasteiger partial charge in [-0.1, -0.05) is 29.3 Å². The van der Waals surface area contributed by atoms with Gasteiger partial charge in [0.15, 0.2) is 18.1 Å². The lowest BCUT2D eigenvalue weighted by Crippen LogP contribution is -2.34. The van der Waals surface area contributed by atoms with E-state index in [0.29, 0.717) is 35.6 Å². The van der Waals surface area contributed by atoms with Crippen LogP contribution in [0.2, 0.25) is 10.0 Å². The van der Waals surface area contributed by atoms with E-state index in [1.54, 1.807) is 18.2 Å². The highest BCUT2D eigenvalue weighted by atomic mass is 35.5. The van der Waals surface area contributed by atoms with Crippen LogP contribution in [0.25, 0.3) is 0 Å². The summed E-state index contributed by atoms with van der Waals surface area (Å²) in [5.41, 5.74) is 1.05. The van der Waals surface area contributed by atoms with Crippen LogP contribution in [0.1, 0.15) is 24.4 Å². The lowest BCUT2D eigenvalue weighted by Gasteiger charge is -2.26. The van der Waals surface area contributed by atoms with Gasteiger partial charge in [-0.3, -0.25) is 4.79 Å². The molecule has 0 aromatic heterocycles. The van der Waals surface area contributed by atoms with Crippen LogP contribution in [0, 0.1) is 0 Å². The maximum absolute atomic E-state index is 12.7. The van der Waals surface area contributed by atoms with E-state index in [0.717, 1.165) is 29.9 Å². The quantitative estimate of drug-likeness (QED) is 0.747. The predicted molar refractivity (Wildman–Crippen MR) is 103 cm³/mol. The van der Waals surface area contributed by atoms with Gasteiger partial charge in [0.2, 0.25) is 0 Å². The lowest BCUT2D eigenvalue weighted by atomic mass is 10.0. The molecule has 2 aromatic rings. The first-order chi connectivity index (χ1) is 13.1. The molecule has 0 bridgehead atoms. The van der Waals surface area contributed by atoms with Crippen LogP contribution in [-0.2, 0) is 4.79 Å². The van der Waals surface area contributed by atoms with Crippen LogP contribution in [-0.4, -0.2) is 37.2 Å². The molecule has 2 aliphatic heterocycles. The zero-order valence-corrected chi connectivity index (χ0v) is 16.1. The lowest BCUT2D eigenvalue weighted by molar-refractivity contribution is -0.134. The van der Waals surface area contributed by atoms with Crippen LogP contribution in [0.5, 0.6) is 17.2 Å². The summed E-state index contributed by atoms with van der Waals surface area (Å²) >= 11 is 12.0. The molecule has 0 saturated carbocycles. The monoisotopic (exact) mass is 407 g/mol. The predicted octanol–water partition coefficient (Wildman–Crippen LogP) is 4.51. The zero-order valence-electron chi connectivity index (χ0n) is 14.6. The van der Waals surface area contributed by atoms with Gasteiger partial charge < -0.3 is 19.1 Å². The third-order valence-corrected chi connectivity index (χ3v) is 5.30. The molecule has 1 atom stereocenters. The molecule has 142 valence electrons. The number of carbonyl (C=O) groups excluding carboxylic acids is 1. The number of benzene rings is 2. The maximum Gasteiger partial charge on any atom is 0.261 e. The minimum absolute atomic E-state index is 0.0117. The number of hydrogen-bond acceptors (Lipinski definition) is 4. The highest BCUT2D eigenvalue weighted by Gasteiger charge is 2.31. The van der Waals surface area contributed by atoms with Gasteiger partial charge in [-0.05, 0) is 48.7 Å². The molecular weight excluding hydrogens is 389 g/mol. The summed E-state index contributed by atoms with van der Waals surface area (Å²) in [6.45, 7) is 1.74. The van der Waals surface area contributed by atoms with Crippen LogP contribution in [0.4, 0.5) is 0 Å². The molecule has 2 aromatic carbocycles. The number of ether oxygens (including phenoxy) is 3. The number of carbonyl (C=O) groups is 1. The second-order valence-corrected chi connectivity index (χ2v) is 7.36. The number of amides is 1. The van der Waals surface area contributed by atoms with E-state index in [-0.39, 0.29) is 18.6 Å². The van der Waals surface area contributed by atoms with Crippen LogP contribution < -0.4 is 14.2 Å². The fourth-order valence-corrected chi connectivity index (χ4v) is 3.96. The third-order valence-electron chi connectivity index (χ3n) is 4.77. The molecule has 0 N–H and O–H groups in total. The normalized spacial score (nSPS) is 18.4. The smallest absolute Gasteiger partial charge is 0.261 e. The largest absolute Gasteiger partial charge is 0.486 e. The van der Waals surface area contributed by atoms with Crippen LogP contribution >= 0.6 is 23.2 Å². The molecule has 2 heterocycles. The molecule has 1 fully saturated rings. The molecule has 1 saturated heterocycles. The van der Waals surface area contributed by atoms with Crippen LogP contribution in [0.15, 0.2) is 36.4 Å². The molecule has 4 rings (SSSR count). The van der Waals surface area contributed by atoms with Crippen molar-refractivity contribution in [1.82, 2.24) is 4.90 Å². The second kappa shape index (κ2) is 7.87. The van der Waals surface area contributed by atoms with Crippen molar-refractivity contribution >= 4 is 29.1 Å². The van der Waals surface area contributed by atoms with Crippen molar-refractivity contribution < 1.29 is 19.0 Å². The summed E-state index contributed by atoms with van der Waals surface area (Å²) in [5, 5.41) is 0.914. The summed E-state index contributed by atoms with van der Waals surface area (Å²) in [6, 6.07) is 10.8. The standard InChI is InChI=1S/C20H19Cl2NO4/c21-14-4-6-17(15(22)11-14)27-12-20(24)23-7-1-2-16(23)13-3-5-18-19(10-13)26-9-8-25-18/h3-6,10-11,16H,1-2,7-9,12H2. The molecule has 0 aliphatic carbocycles. The van der Waals surface area contributed by atoms with E-state index in [9.17, 15) is 4.79 Å². The third kappa shape index (κ3) is 3.94. The minimum atomic E-state index is -0.0709. The Morgan fingerprint density at radius 3 is 2.74 bits per heavy atom. The number of halogens is 2. The summed E-state index contributed by atoms with van der Waals surface area (Å²) in [7, 11) is 0. The van der Waals surface area contributed by atoms with Gasteiger partial charge >= 0.3 is 0 Å². The van der Waals surface area contributed by atoms with Gasteiger partial charge in [0.1, 0.15) is 19.0 Å². The van der Waals surface area contributed by atoms with Gasteiger partial charge in [-0.2, -0.15) is 0 Å². The summed E-state index contributed by atoms with van der Waals surface area (Å²) in [4.78, 5) is 14.6. The first kappa shape index (κ1) is 18.3. The van der Waals surface area contributed by atoms with Gasteiger partial charge in [0, 0.05) is 11.6 Å². The molecule has 0 spiro atoms. The Morgan fingerprint density at radius 2 is 1.93 bits per heavy atom. The van der Waals surface area contributed by atoms with E-state index >= 15 is 0 Å². The second-order valence-electron chi connectivity index (χ2n) is 6.51. The molecule has 5 nitrogen and oxygen atoms in total. The Hall–Kier alpha value is -2.11. The molecule has 1 amide bonds. The number of fused-ring (bicyclic) bond motifs is 1. The Kier molecular flexibility index (Phi) is 5.32. The molecular formula is C20H19Cl2NO4. The minimum Gasteiger partial charge on any atom is -0.486 e. The molecule has 27 heavy (non-hydrogen) atoms. The molecule has 1 unspecified atom stereocenters. The fraction of sp³-hybridized carbons (Fsp3) is 0.350. The molecule has 7 heteroatoms. The average Bonchev–Trinajstić information content (AvgIpc) is 3.16. The number of rotatable bonds is 4. The van der Waals surface area contributed by atoms with E-state index in [1.807, 2.05) is 23.1 Å². The number of hydrogen-bond donors (Lipinski definition) is 0. The van der Waals surface area contributed by atoms with E-state index < -0.39 is 0 Å². The average molecular weight is 408 g/mol. The summed E-state index contributed by atoms with van der Waals surface area (Å²) < 4.78 is 16.9. The molecule has 2 aliphatic rings. The van der Waals surface area contributed by atoms with Crippen molar-refractivity contribution in [2.24, 2.45) is 0 Å². The summed E-state index contributed by atoms with van der Waals surface area (Å²) in [6.07, 6.45) is 1.86. The van der Waals surface area contributed by atoms with Crippen LogP contribution in [0.3, 0.4) is 0 Å². The van der Waals surface area contributed by atoms with Crippen molar-refractivity contribution in [3.8, 4) is 17.2 Å². The molecule has 0 radical (unpaired) electrons. The SMILES string of the molecule is O=C(COc1ccc(Cl)cc1Cl)N1CCCC1c1ccc2c(c1)OCCO2. The van der Waals surface area contributed by atoms with Crippen molar-refractivity contribution in [2.75, 3.05) is 26.4 Å². The number of likely N-dealkylation sites (tertiary alicyclic amines) is 1. The van der Waals surface area contributed by atoms with Gasteiger partial charge in [-0.25, -0.2) is 0 Å². The highest BCUT2D eigenvalue weighted by Crippen LogP contribution is 2.38. The highest BCUT2D eigenvalue weighted by molar-refractivity contribution is 6.35. The Bertz CT molecular complexity index is 858. The first-order valence-electron chi connectivity index (χ1n) is 8.89. The Labute approximate surface area is 167 Å².